The summed E-state index contributed by atoms with van der Waals surface area (Å²) < 4.78 is 12.8. The minimum Gasteiger partial charge on any atom is -0.383 e. The number of hydrogen-bond donors (Lipinski definition) is 1. The van der Waals surface area contributed by atoms with Crippen LogP contribution in [0, 0.1) is 0 Å². The van der Waals surface area contributed by atoms with Gasteiger partial charge in [0.2, 0.25) is 5.95 Å². The van der Waals surface area contributed by atoms with Gasteiger partial charge >= 0.3 is 0 Å². The fraction of sp³-hybridized carbons (Fsp3) is 0.379. The third-order valence-corrected chi connectivity index (χ3v) is 7.35. The van der Waals surface area contributed by atoms with Crippen LogP contribution in [0.3, 0.4) is 0 Å². The van der Waals surface area contributed by atoms with Gasteiger partial charge in [-0.1, -0.05) is 0 Å². The molecule has 39 heavy (non-hydrogen) atoms. The zero-order valence-electron chi connectivity index (χ0n) is 22.2. The first kappa shape index (κ1) is 25.4. The van der Waals surface area contributed by atoms with Crippen LogP contribution >= 0.6 is 0 Å². The fourth-order valence-corrected chi connectivity index (χ4v) is 5.12. The van der Waals surface area contributed by atoms with Crippen molar-refractivity contribution in [1.82, 2.24) is 29.6 Å². The van der Waals surface area contributed by atoms with Crippen LogP contribution in [0.5, 0.6) is 0 Å². The van der Waals surface area contributed by atoms with Crippen LogP contribution in [0.4, 0.5) is 17.3 Å². The number of methoxy groups -OCH3 is 1. The number of benzene rings is 1. The van der Waals surface area contributed by atoms with Crippen LogP contribution in [0.25, 0.3) is 22.5 Å². The van der Waals surface area contributed by atoms with Gasteiger partial charge in [0.1, 0.15) is 5.69 Å². The van der Waals surface area contributed by atoms with E-state index in [9.17, 15) is 0 Å². The van der Waals surface area contributed by atoms with Gasteiger partial charge < -0.3 is 19.7 Å². The number of hydrogen-bond acceptors (Lipinski definition) is 9. The van der Waals surface area contributed by atoms with Gasteiger partial charge in [0.15, 0.2) is 0 Å². The summed E-state index contributed by atoms with van der Waals surface area (Å²) in [5.41, 5.74) is 5.73. The minimum atomic E-state index is 0.223. The molecule has 0 saturated carbocycles. The van der Waals surface area contributed by atoms with Crippen LogP contribution in [-0.4, -0.2) is 89.3 Å². The Balaban J connectivity index is 1.18. The molecule has 2 saturated heterocycles. The molecule has 3 aromatic heterocycles. The van der Waals surface area contributed by atoms with E-state index in [1.54, 1.807) is 19.5 Å². The maximum absolute atomic E-state index is 5.60. The van der Waals surface area contributed by atoms with Crippen molar-refractivity contribution in [2.75, 3.05) is 69.9 Å². The molecule has 4 aromatic rings. The normalized spacial score (nSPS) is 18.0. The molecule has 6 rings (SSSR count). The topological polar surface area (TPSA) is 93.5 Å². The lowest BCUT2D eigenvalue weighted by atomic mass is 10.1. The average Bonchev–Trinajstić information content (AvgIpc) is 3.68. The summed E-state index contributed by atoms with van der Waals surface area (Å²) in [6.07, 6.45) is 8.40. The molecule has 0 radical (unpaired) electrons. The Hall–Kier alpha value is -3.86. The minimum absolute atomic E-state index is 0.223. The Morgan fingerprint density at radius 3 is 2.67 bits per heavy atom. The lowest BCUT2D eigenvalue weighted by Crippen LogP contribution is -2.47. The second kappa shape index (κ2) is 11.9. The standard InChI is InChI=1S/C29H34N8O2/c1-38-18-16-35-12-14-36(15-13-35)24-6-4-23(5-7-24)32-29-31-11-8-27(33-29)26-20-37(25-9-17-39-21-25)34-28(26)22-3-2-10-30-19-22/h2-8,10-11,19-20,25H,9,12-18,21H2,1H3,(H,31,32,33). The molecule has 5 heterocycles. The van der Waals surface area contributed by atoms with Crippen LogP contribution in [0.1, 0.15) is 12.5 Å². The molecule has 10 nitrogen and oxygen atoms in total. The number of pyridine rings is 1. The summed E-state index contributed by atoms with van der Waals surface area (Å²) in [7, 11) is 1.76. The molecule has 1 N–H and O–H groups in total. The third-order valence-electron chi connectivity index (χ3n) is 7.35. The first-order valence-corrected chi connectivity index (χ1v) is 13.5. The van der Waals surface area contributed by atoms with Crippen molar-refractivity contribution < 1.29 is 9.47 Å². The van der Waals surface area contributed by atoms with E-state index < -0.39 is 0 Å². The predicted molar refractivity (Wildman–Crippen MR) is 151 cm³/mol. The molecular weight excluding hydrogens is 492 g/mol. The molecule has 0 spiro atoms. The van der Waals surface area contributed by atoms with Crippen molar-refractivity contribution in [3.8, 4) is 22.5 Å². The Morgan fingerprint density at radius 2 is 1.92 bits per heavy atom. The summed E-state index contributed by atoms with van der Waals surface area (Å²) in [6.45, 7) is 7.34. The highest BCUT2D eigenvalue weighted by Crippen LogP contribution is 2.32. The highest BCUT2D eigenvalue weighted by molar-refractivity contribution is 5.78. The van der Waals surface area contributed by atoms with Crippen LogP contribution in [0.15, 0.2) is 67.3 Å². The molecule has 1 unspecified atom stereocenters. The quantitative estimate of drug-likeness (QED) is 0.349. The van der Waals surface area contributed by atoms with Crippen molar-refractivity contribution in [3.63, 3.8) is 0 Å². The number of nitrogens with one attached hydrogen (secondary N) is 1. The second-order valence-electron chi connectivity index (χ2n) is 9.89. The second-order valence-corrected chi connectivity index (χ2v) is 9.89. The zero-order valence-corrected chi connectivity index (χ0v) is 22.2. The summed E-state index contributed by atoms with van der Waals surface area (Å²) >= 11 is 0. The summed E-state index contributed by atoms with van der Waals surface area (Å²) in [4.78, 5) is 18.5. The van der Waals surface area contributed by atoms with Crippen molar-refractivity contribution >= 4 is 17.3 Å². The lowest BCUT2D eigenvalue weighted by molar-refractivity contribution is 0.144. The van der Waals surface area contributed by atoms with Gasteiger partial charge in [-0.15, -0.1) is 0 Å². The molecule has 202 valence electrons. The Labute approximate surface area is 228 Å². The van der Waals surface area contributed by atoms with Crippen LogP contribution in [0.2, 0.25) is 0 Å². The Morgan fingerprint density at radius 1 is 1.05 bits per heavy atom. The number of piperazine rings is 1. The summed E-state index contributed by atoms with van der Waals surface area (Å²) in [5, 5.41) is 8.30. The van der Waals surface area contributed by atoms with Crippen molar-refractivity contribution in [2.24, 2.45) is 0 Å². The van der Waals surface area contributed by atoms with Crippen molar-refractivity contribution in [1.29, 1.82) is 0 Å². The van der Waals surface area contributed by atoms with E-state index in [1.807, 2.05) is 29.1 Å². The van der Waals surface area contributed by atoms with E-state index in [4.69, 9.17) is 19.6 Å². The zero-order chi connectivity index (χ0) is 26.4. The highest BCUT2D eigenvalue weighted by Gasteiger charge is 2.23. The van der Waals surface area contributed by atoms with E-state index in [-0.39, 0.29) is 6.04 Å². The average molecular weight is 527 g/mol. The molecule has 0 bridgehead atoms. The molecule has 0 amide bonds. The van der Waals surface area contributed by atoms with Gasteiger partial charge in [0, 0.05) is 93.7 Å². The van der Waals surface area contributed by atoms with Gasteiger partial charge in [-0.25, -0.2) is 9.97 Å². The molecule has 1 aromatic carbocycles. The molecule has 2 aliphatic heterocycles. The van der Waals surface area contributed by atoms with Crippen LogP contribution < -0.4 is 10.2 Å². The Kier molecular flexibility index (Phi) is 7.75. The maximum Gasteiger partial charge on any atom is 0.227 e. The number of nitrogens with zero attached hydrogens (tertiary/aromatic N) is 7. The molecule has 10 heteroatoms. The highest BCUT2D eigenvalue weighted by atomic mass is 16.5. The Bertz CT molecular complexity index is 1350. The largest absolute Gasteiger partial charge is 0.383 e. The molecule has 1 atom stereocenters. The molecule has 0 aliphatic carbocycles. The monoisotopic (exact) mass is 526 g/mol. The van der Waals surface area contributed by atoms with Gasteiger partial charge in [-0.2, -0.15) is 5.10 Å². The first-order valence-electron chi connectivity index (χ1n) is 13.5. The van der Waals surface area contributed by atoms with Crippen molar-refractivity contribution in [2.45, 2.75) is 12.5 Å². The maximum atomic E-state index is 5.60. The van der Waals surface area contributed by atoms with Crippen LogP contribution in [-0.2, 0) is 9.47 Å². The lowest BCUT2D eigenvalue weighted by Gasteiger charge is -2.36. The molecule has 2 aliphatic rings. The van der Waals surface area contributed by atoms with E-state index in [2.05, 4.69) is 55.5 Å². The number of ether oxygens (including phenoxy) is 2. The predicted octanol–water partition coefficient (Wildman–Crippen LogP) is 3.88. The van der Waals surface area contributed by atoms with E-state index in [0.29, 0.717) is 12.6 Å². The van der Waals surface area contributed by atoms with E-state index in [0.717, 1.165) is 80.6 Å². The number of rotatable bonds is 9. The molecular formula is C29H34N8O2. The van der Waals surface area contributed by atoms with Gasteiger partial charge in [-0.3, -0.25) is 14.6 Å². The van der Waals surface area contributed by atoms with E-state index in [1.165, 1.54) is 5.69 Å². The summed E-state index contributed by atoms with van der Waals surface area (Å²) in [5.74, 6) is 0.543. The number of aromatic nitrogens is 5. The van der Waals surface area contributed by atoms with Gasteiger partial charge in [0.25, 0.3) is 0 Å². The number of anilines is 3. The smallest absolute Gasteiger partial charge is 0.227 e. The molecule has 2 fully saturated rings. The van der Waals surface area contributed by atoms with Gasteiger partial charge in [-0.05, 0) is 48.9 Å². The summed E-state index contributed by atoms with van der Waals surface area (Å²) in [6, 6.07) is 14.6. The fourth-order valence-electron chi connectivity index (χ4n) is 5.12. The van der Waals surface area contributed by atoms with Crippen molar-refractivity contribution in [3.05, 3.63) is 67.3 Å². The SMILES string of the molecule is COCCN1CCN(c2ccc(Nc3nccc(-c4cn(C5CCOC5)nc4-c4cccnc4)n3)cc2)CC1. The van der Waals surface area contributed by atoms with E-state index >= 15 is 0 Å². The first-order chi connectivity index (χ1) is 19.3. The third kappa shape index (κ3) is 5.93. The van der Waals surface area contributed by atoms with Gasteiger partial charge in [0.05, 0.1) is 24.9 Å².